The van der Waals surface area contributed by atoms with E-state index in [0.29, 0.717) is 13.2 Å². The van der Waals surface area contributed by atoms with E-state index in [9.17, 15) is 19.8 Å². The van der Waals surface area contributed by atoms with Crippen molar-refractivity contribution in [3.63, 3.8) is 0 Å². The summed E-state index contributed by atoms with van der Waals surface area (Å²) in [6, 6.07) is 3.77. The number of nitrogens with one attached hydrogen (secondary N) is 1. The van der Waals surface area contributed by atoms with Crippen molar-refractivity contribution in [3.8, 4) is 11.5 Å². The van der Waals surface area contributed by atoms with E-state index in [1.165, 1.54) is 17.0 Å². The van der Waals surface area contributed by atoms with Crippen LogP contribution in [0.4, 0.5) is 0 Å². The summed E-state index contributed by atoms with van der Waals surface area (Å²) >= 11 is 0. The first kappa shape index (κ1) is 16.9. The lowest BCUT2D eigenvalue weighted by Crippen LogP contribution is -2.38. The lowest BCUT2D eigenvalue weighted by atomic mass is 10.1. The Hall–Kier alpha value is -2.12. The van der Waals surface area contributed by atoms with Crippen molar-refractivity contribution in [3.05, 3.63) is 23.8 Å². The van der Waals surface area contributed by atoms with Crippen LogP contribution in [0.25, 0.3) is 0 Å². The zero-order chi connectivity index (χ0) is 15.8. The molecule has 0 heterocycles. The van der Waals surface area contributed by atoms with Crippen molar-refractivity contribution in [1.82, 2.24) is 10.2 Å². The van der Waals surface area contributed by atoms with Crippen LogP contribution in [0.2, 0.25) is 0 Å². The highest BCUT2D eigenvalue weighted by molar-refractivity contribution is 6.00. The summed E-state index contributed by atoms with van der Waals surface area (Å²) in [6.45, 7) is 0.885. The fourth-order valence-corrected chi connectivity index (χ4v) is 1.74. The third kappa shape index (κ3) is 5.80. The Kier molecular flexibility index (Phi) is 6.64. The van der Waals surface area contributed by atoms with Crippen LogP contribution in [0.5, 0.6) is 11.5 Å². The fourth-order valence-electron chi connectivity index (χ4n) is 1.74. The van der Waals surface area contributed by atoms with Crippen LogP contribution in [-0.4, -0.2) is 67.2 Å². The summed E-state index contributed by atoms with van der Waals surface area (Å²) in [6.07, 6.45) is 0. The van der Waals surface area contributed by atoms with Crippen LogP contribution in [0.3, 0.4) is 0 Å². The SMILES string of the molecule is COCCNC(=O)CN(C)CC(=O)c1ccc(O)cc1O. The number of rotatable bonds is 8. The van der Waals surface area contributed by atoms with Gasteiger partial charge in [0.25, 0.3) is 0 Å². The van der Waals surface area contributed by atoms with Gasteiger partial charge < -0.3 is 20.3 Å². The molecule has 0 aromatic heterocycles. The van der Waals surface area contributed by atoms with Crippen LogP contribution in [0.1, 0.15) is 10.4 Å². The maximum atomic E-state index is 12.0. The van der Waals surface area contributed by atoms with E-state index in [0.717, 1.165) is 6.07 Å². The van der Waals surface area contributed by atoms with E-state index in [-0.39, 0.29) is 41.8 Å². The van der Waals surface area contributed by atoms with Crippen molar-refractivity contribution >= 4 is 11.7 Å². The number of benzene rings is 1. The lowest BCUT2D eigenvalue weighted by molar-refractivity contribution is -0.122. The third-order valence-corrected chi connectivity index (χ3v) is 2.74. The highest BCUT2D eigenvalue weighted by atomic mass is 16.5. The molecule has 0 saturated carbocycles. The molecule has 1 amide bonds. The Morgan fingerprint density at radius 2 is 2.00 bits per heavy atom. The van der Waals surface area contributed by atoms with Gasteiger partial charge in [-0.3, -0.25) is 14.5 Å². The Labute approximate surface area is 123 Å². The van der Waals surface area contributed by atoms with E-state index in [2.05, 4.69) is 5.32 Å². The summed E-state index contributed by atoms with van der Waals surface area (Å²) in [5, 5.41) is 21.4. The molecule has 0 atom stereocenters. The van der Waals surface area contributed by atoms with Gasteiger partial charge in [-0.05, 0) is 19.2 Å². The van der Waals surface area contributed by atoms with E-state index in [1.54, 1.807) is 14.2 Å². The molecule has 1 aromatic rings. The largest absolute Gasteiger partial charge is 0.508 e. The number of carbonyl (C=O) groups excluding carboxylic acids is 2. The number of Topliss-reactive ketones (excluding diaryl/α,β-unsaturated/α-hetero) is 1. The molecular formula is C14H20N2O5. The first-order valence-corrected chi connectivity index (χ1v) is 6.43. The lowest BCUT2D eigenvalue weighted by Gasteiger charge is -2.15. The standard InChI is InChI=1S/C14H20N2O5/c1-16(9-14(20)15-5-6-21-2)8-13(19)11-4-3-10(17)7-12(11)18/h3-4,7,17-18H,5-6,8-9H2,1-2H3,(H,15,20). The second kappa shape index (κ2) is 8.23. The van der Waals surface area contributed by atoms with Crippen LogP contribution in [0.15, 0.2) is 18.2 Å². The molecule has 7 heteroatoms. The highest BCUT2D eigenvalue weighted by Gasteiger charge is 2.15. The summed E-state index contributed by atoms with van der Waals surface area (Å²) in [5.41, 5.74) is 0.111. The Bertz CT molecular complexity index is 504. The quantitative estimate of drug-likeness (QED) is 0.460. The monoisotopic (exact) mass is 296 g/mol. The molecule has 7 nitrogen and oxygen atoms in total. The number of hydrogen-bond acceptors (Lipinski definition) is 6. The molecule has 0 aliphatic rings. The summed E-state index contributed by atoms with van der Waals surface area (Å²) in [5.74, 6) is -0.940. The average molecular weight is 296 g/mol. The number of ketones is 1. The molecular weight excluding hydrogens is 276 g/mol. The number of amides is 1. The van der Waals surface area contributed by atoms with Crippen molar-refractivity contribution in [1.29, 1.82) is 0 Å². The van der Waals surface area contributed by atoms with Crippen LogP contribution >= 0.6 is 0 Å². The molecule has 21 heavy (non-hydrogen) atoms. The number of phenolic OH excluding ortho intramolecular Hbond substituents is 2. The molecule has 3 N–H and O–H groups in total. The molecule has 1 aromatic carbocycles. The number of hydrogen-bond donors (Lipinski definition) is 3. The predicted molar refractivity (Wildman–Crippen MR) is 76.5 cm³/mol. The number of aromatic hydroxyl groups is 2. The summed E-state index contributed by atoms with van der Waals surface area (Å²) < 4.78 is 4.81. The Morgan fingerprint density at radius 3 is 2.62 bits per heavy atom. The topological polar surface area (TPSA) is 99.1 Å². The normalized spacial score (nSPS) is 10.6. The second-order valence-corrected chi connectivity index (χ2v) is 4.64. The predicted octanol–water partition coefficient (Wildman–Crippen LogP) is -0.0251. The molecule has 0 unspecified atom stereocenters. The van der Waals surface area contributed by atoms with Gasteiger partial charge >= 0.3 is 0 Å². The Balaban J connectivity index is 2.48. The molecule has 0 radical (unpaired) electrons. The smallest absolute Gasteiger partial charge is 0.234 e. The molecule has 0 aliphatic carbocycles. The number of phenols is 2. The van der Waals surface area contributed by atoms with Crippen molar-refractivity contribution in [2.45, 2.75) is 0 Å². The van der Waals surface area contributed by atoms with Crippen molar-refractivity contribution in [2.75, 3.05) is 40.4 Å². The van der Waals surface area contributed by atoms with Gasteiger partial charge in [0.05, 0.1) is 25.3 Å². The van der Waals surface area contributed by atoms with Gasteiger partial charge in [0, 0.05) is 19.7 Å². The van der Waals surface area contributed by atoms with Gasteiger partial charge in [-0.25, -0.2) is 0 Å². The first-order chi connectivity index (χ1) is 9.93. The molecule has 0 aliphatic heterocycles. The molecule has 0 spiro atoms. The maximum Gasteiger partial charge on any atom is 0.234 e. The van der Waals surface area contributed by atoms with Gasteiger partial charge in [-0.1, -0.05) is 0 Å². The maximum absolute atomic E-state index is 12.0. The number of methoxy groups -OCH3 is 1. The van der Waals surface area contributed by atoms with Crippen LogP contribution in [-0.2, 0) is 9.53 Å². The minimum atomic E-state index is -0.334. The fraction of sp³-hybridized carbons (Fsp3) is 0.429. The average Bonchev–Trinajstić information content (AvgIpc) is 2.38. The molecule has 0 bridgehead atoms. The van der Waals surface area contributed by atoms with E-state index in [1.807, 2.05) is 0 Å². The number of carbonyl (C=O) groups is 2. The molecule has 116 valence electrons. The van der Waals surface area contributed by atoms with Gasteiger partial charge in [-0.15, -0.1) is 0 Å². The van der Waals surface area contributed by atoms with E-state index < -0.39 is 0 Å². The van der Waals surface area contributed by atoms with E-state index in [4.69, 9.17) is 4.74 Å². The van der Waals surface area contributed by atoms with E-state index >= 15 is 0 Å². The number of ether oxygens (including phenoxy) is 1. The van der Waals surface area contributed by atoms with Crippen molar-refractivity contribution < 1.29 is 24.5 Å². The minimum Gasteiger partial charge on any atom is -0.508 e. The van der Waals surface area contributed by atoms with Gasteiger partial charge in [0.1, 0.15) is 11.5 Å². The zero-order valence-corrected chi connectivity index (χ0v) is 12.1. The number of likely N-dealkylation sites (N-methyl/N-ethyl adjacent to an activating group) is 1. The highest BCUT2D eigenvalue weighted by Crippen LogP contribution is 2.22. The minimum absolute atomic E-state index is 0.0178. The second-order valence-electron chi connectivity index (χ2n) is 4.64. The first-order valence-electron chi connectivity index (χ1n) is 6.43. The molecule has 0 fully saturated rings. The molecule has 1 rings (SSSR count). The summed E-state index contributed by atoms with van der Waals surface area (Å²) in [4.78, 5) is 25.1. The summed E-state index contributed by atoms with van der Waals surface area (Å²) in [7, 11) is 3.17. The van der Waals surface area contributed by atoms with Crippen LogP contribution in [0, 0.1) is 0 Å². The van der Waals surface area contributed by atoms with Crippen molar-refractivity contribution in [2.24, 2.45) is 0 Å². The van der Waals surface area contributed by atoms with Gasteiger partial charge in [0.2, 0.25) is 5.91 Å². The Morgan fingerprint density at radius 1 is 1.29 bits per heavy atom. The zero-order valence-electron chi connectivity index (χ0n) is 12.1. The van der Waals surface area contributed by atoms with Crippen LogP contribution < -0.4 is 5.32 Å². The number of nitrogens with zero attached hydrogens (tertiary/aromatic N) is 1. The van der Waals surface area contributed by atoms with Gasteiger partial charge in [0.15, 0.2) is 5.78 Å². The third-order valence-electron chi connectivity index (χ3n) is 2.74. The molecule has 0 saturated heterocycles. The van der Waals surface area contributed by atoms with Gasteiger partial charge in [-0.2, -0.15) is 0 Å².